The summed E-state index contributed by atoms with van der Waals surface area (Å²) in [4.78, 5) is 22.8. The third-order valence-electron chi connectivity index (χ3n) is 5.42. The molecule has 1 saturated carbocycles. The lowest BCUT2D eigenvalue weighted by Gasteiger charge is -2.57. The minimum absolute atomic E-state index is 0.125. The molecule has 2 rings (SSSR count). The standard InChI is InChI=1S/C16H24O3/c1-15(2)7-12(19-4)8-16(3)13(10-18)11(9-17)5-6-14(15)16/h5,9-10,12-14H,6-8H2,1-4H3/t12-,13?,14-,16?/m0/s1. The highest BCUT2D eigenvalue weighted by atomic mass is 16.5. The Kier molecular flexibility index (Phi) is 3.69. The molecule has 1 fully saturated rings. The zero-order valence-corrected chi connectivity index (χ0v) is 12.3. The zero-order chi connectivity index (χ0) is 14.3. The summed E-state index contributed by atoms with van der Waals surface area (Å²) >= 11 is 0. The number of fused-ring (bicyclic) bond motifs is 1. The van der Waals surface area contributed by atoms with Gasteiger partial charge in [0.25, 0.3) is 0 Å². The summed E-state index contributed by atoms with van der Waals surface area (Å²) in [5.74, 6) is 0.131. The first-order valence-electron chi connectivity index (χ1n) is 7.02. The number of ether oxygens (including phenoxy) is 1. The molecule has 0 radical (unpaired) electrons. The van der Waals surface area contributed by atoms with Gasteiger partial charge in [0, 0.05) is 13.0 Å². The Balaban J connectivity index is 2.46. The second-order valence-corrected chi connectivity index (χ2v) is 6.98. The van der Waals surface area contributed by atoms with Crippen molar-refractivity contribution in [2.24, 2.45) is 22.7 Å². The van der Waals surface area contributed by atoms with Crippen molar-refractivity contribution in [3.8, 4) is 0 Å². The normalized spacial score (nSPS) is 41.1. The van der Waals surface area contributed by atoms with E-state index < -0.39 is 0 Å². The topological polar surface area (TPSA) is 43.4 Å². The molecule has 3 nitrogen and oxygen atoms in total. The van der Waals surface area contributed by atoms with Crippen molar-refractivity contribution in [1.82, 2.24) is 0 Å². The summed E-state index contributed by atoms with van der Waals surface area (Å²) in [6.07, 6.45) is 6.70. The van der Waals surface area contributed by atoms with Crippen molar-refractivity contribution in [2.45, 2.75) is 46.1 Å². The van der Waals surface area contributed by atoms with Gasteiger partial charge in [-0.3, -0.25) is 4.79 Å². The van der Waals surface area contributed by atoms with Gasteiger partial charge in [-0.2, -0.15) is 0 Å². The lowest BCUT2D eigenvalue weighted by molar-refractivity contribution is -0.132. The van der Waals surface area contributed by atoms with Gasteiger partial charge < -0.3 is 9.53 Å². The van der Waals surface area contributed by atoms with Gasteiger partial charge in [-0.05, 0) is 41.6 Å². The van der Waals surface area contributed by atoms with Crippen LogP contribution in [0.3, 0.4) is 0 Å². The molecule has 4 atom stereocenters. The average molecular weight is 264 g/mol. The van der Waals surface area contributed by atoms with Crippen molar-refractivity contribution in [2.75, 3.05) is 7.11 Å². The number of carbonyl (C=O) groups is 2. The molecule has 2 aliphatic rings. The van der Waals surface area contributed by atoms with E-state index in [1.807, 2.05) is 6.08 Å². The maximum Gasteiger partial charge on any atom is 0.146 e. The van der Waals surface area contributed by atoms with Gasteiger partial charge in [0.1, 0.15) is 12.6 Å². The Morgan fingerprint density at radius 3 is 2.47 bits per heavy atom. The smallest absolute Gasteiger partial charge is 0.146 e. The highest BCUT2D eigenvalue weighted by Gasteiger charge is 2.55. The molecule has 0 aromatic rings. The maximum absolute atomic E-state index is 11.6. The molecule has 0 bridgehead atoms. The monoisotopic (exact) mass is 264 g/mol. The van der Waals surface area contributed by atoms with Crippen LogP contribution in [0, 0.1) is 22.7 Å². The lowest BCUT2D eigenvalue weighted by atomic mass is 9.48. The number of hydrogen-bond acceptors (Lipinski definition) is 3. The Hall–Kier alpha value is -0.960. The molecular formula is C16H24O3. The molecule has 0 aromatic carbocycles. The molecule has 0 spiro atoms. The Labute approximate surface area is 115 Å². The van der Waals surface area contributed by atoms with Crippen molar-refractivity contribution in [1.29, 1.82) is 0 Å². The molecule has 2 unspecified atom stereocenters. The van der Waals surface area contributed by atoms with Gasteiger partial charge >= 0.3 is 0 Å². The number of rotatable bonds is 3. The number of allylic oxidation sites excluding steroid dienone is 2. The summed E-state index contributed by atoms with van der Waals surface area (Å²) in [6, 6.07) is 0. The fourth-order valence-corrected chi connectivity index (χ4v) is 4.54. The number of hydrogen-bond donors (Lipinski definition) is 0. The predicted octanol–water partition coefficient (Wildman–Crippen LogP) is 2.79. The summed E-state index contributed by atoms with van der Waals surface area (Å²) in [5.41, 5.74) is 0.607. The van der Waals surface area contributed by atoms with Gasteiger partial charge in [-0.1, -0.05) is 26.8 Å². The summed E-state index contributed by atoms with van der Waals surface area (Å²) < 4.78 is 5.58. The summed E-state index contributed by atoms with van der Waals surface area (Å²) in [7, 11) is 1.74. The fraction of sp³-hybridized carbons (Fsp3) is 0.750. The molecule has 0 N–H and O–H groups in total. The fourth-order valence-electron chi connectivity index (χ4n) is 4.54. The van der Waals surface area contributed by atoms with E-state index >= 15 is 0 Å². The predicted molar refractivity (Wildman–Crippen MR) is 73.7 cm³/mol. The highest BCUT2D eigenvalue weighted by molar-refractivity contribution is 5.82. The quantitative estimate of drug-likeness (QED) is 0.736. The molecule has 0 aromatic heterocycles. The van der Waals surface area contributed by atoms with Crippen LogP contribution in [-0.4, -0.2) is 25.8 Å². The lowest BCUT2D eigenvalue weighted by Crippen LogP contribution is -2.53. The Morgan fingerprint density at radius 2 is 1.95 bits per heavy atom. The number of carbonyl (C=O) groups excluding carboxylic acids is 2. The first kappa shape index (κ1) is 14.4. The van der Waals surface area contributed by atoms with Gasteiger partial charge in [0.15, 0.2) is 0 Å². The SMILES string of the molecule is CO[C@H]1CC(C)(C)[C@@H]2CC=C(C=O)C(C=O)C2(C)C1. The Morgan fingerprint density at radius 1 is 1.26 bits per heavy atom. The van der Waals surface area contributed by atoms with Gasteiger partial charge in [-0.25, -0.2) is 0 Å². The second-order valence-electron chi connectivity index (χ2n) is 6.98. The van der Waals surface area contributed by atoms with E-state index in [9.17, 15) is 9.59 Å². The van der Waals surface area contributed by atoms with Gasteiger partial charge in [-0.15, -0.1) is 0 Å². The van der Waals surface area contributed by atoms with Crippen molar-refractivity contribution < 1.29 is 14.3 Å². The maximum atomic E-state index is 11.6. The van der Waals surface area contributed by atoms with E-state index in [4.69, 9.17) is 4.74 Å². The van der Waals surface area contributed by atoms with Gasteiger partial charge in [0.05, 0.1) is 6.10 Å². The van der Waals surface area contributed by atoms with Crippen LogP contribution in [0.1, 0.15) is 40.0 Å². The van der Waals surface area contributed by atoms with Crippen molar-refractivity contribution in [3.63, 3.8) is 0 Å². The van der Waals surface area contributed by atoms with Crippen LogP contribution < -0.4 is 0 Å². The minimum Gasteiger partial charge on any atom is -0.381 e. The van der Waals surface area contributed by atoms with E-state index in [0.29, 0.717) is 11.5 Å². The van der Waals surface area contributed by atoms with E-state index in [1.165, 1.54) is 0 Å². The van der Waals surface area contributed by atoms with Crippen LogP contribution in [0.4, 0.5) is 0 Å². The molecule has 3 heteroatoms. The molecule has 19 heavy (non-hydrogen) atoms. The van der Waals surface area contributed by atoms with Crippen LogP contribution in [0.2, 0.25) is 0 Å². The molecule has 0 saturated heterocycles. The summed E-state index contributed by atoms with van der Waals surface area (Å²) in [6.45, 7) is 6.66. The third kappa shape index (κ3) is 2.18. The molecule has 0 aliphatic heterocycles. The van der Waals surface area contributed by atoms with E-state index in [1.54, 1.807) is 7.11 Å². The van der Waals surface area contributed by atoms with Crippen LogP contribution in [-0.2, 0) is 14.3 Å². The van der Waals surface area contributed by atoms with E-state index in [0.717, 1.165) is 31.8 Å². The summed E-state index contributed by atoms with van der Waals surface area (Å²) in [5, 5.41) is 0. The van der Waals surface area contributed by atoms with Crippen LogP contribution in [0.15, 0.2) is 11.6 Å². The number of methoxy groups -OCH3 is 1. The third-order valence-corrected chi connectivity index (χ3v) is 5.42. The van der Waals surface area contributed by atoms with Crippen LogP contribution >= 0.6 is 0 Å². The van der Waals surface area contributed by atoms with Crippen LogP contribution in [0.25, 0.3) is 0 Å². The second kappa shape index (κ2) is 4.86. The van der Waals surface area contributed by atoms with Gasteiger partial charge in [0.2, 0.25) is 0 Å². The van der Waals surface area contributed by atoms with E-state index in [-0.39, 0.29) is 22.9 Å². The Bertz CT molecular complexity index is 410. The first-order chi connectivity index (χ1) is 8.89. The largest absolute Gasteiger partial charge is 0.381 e. The van der Waals surface area contributed by atoms with E-state index in [2.05, 4.69) is 20.8 Å². The molecule has 0 heterocycles. The molecule has 106 valence electrons. The van der Waals surface area contributed by atoms with Crippen LogP contribution in [0.5, 0.6) is 0 Å². The average Bonchev–Trinajstić information content (AvgIpc) is 2.35. The molecule has 2 aliphatic carbocycles. The first-order valence-corrected chi connectivity index (χ1v) is 7.02. The van der Waals surface area contributed by atoms with Crippen molar-refractivity contribution >= 4 is 12.6 Å². The number of aldehydes is 2. The zero-order valence-electron chi connectivity index (χ0n) is 12.3. The molecular weight excluding hydrogens is 240 g/mol. The molecule has 0 amide bonds. The minimum atomic E-state index is -0.291. The highest BCUT2D eigenvalue weighted by Crippen LogP contribution is 2.59. The van der Waals surface area contributed by atoms with Crippen molar-refractivity contribution in [3.05, 3.63) is 11.6 Å².